The van der Waals surface area contributed by atoms with E-state index >= 15 is 0 Å². The summed E-state index contributed by atoms with van der Waals surface area (Å²) in [7, 11) is 0. The summed E-state index contributed by atoms with van der Waals surface area (Å²) >= 11 is 0. The van der Waals surface area contributed by atoms with Gasteiger partial charge in [0.15, 0.2) is 0 Å². The molecule has 0 unspecified atom stereocenters. The summed E-state index contributed by atoms with van der Waals surface area (Å²) in [6, 6.07) is 0.111. The van der Waals surface area contributed by atoms with Crippen molar-refractivity contribution in [3.63, 3.8) is 0 Å². The Bertz CT molecular complexity index is 740. The summed E-state index contributed by atoms with van der Waals surface area (Å²) in [6.07, 6.45) is 3.59. The molecule has 0 bridgehead atoms. The normalized spacial score (nSPS) is 17.1. The third kappa shape index (κ3) is 2.49. The molecule has 1 atom stereocenters. The van der Waals surface area contributed by atoms with Crippen molar-refractivity contribution in [1.82, 2.24) is 9.78 Å². The van der Waals surface area contributed by atoms with Gasteiger partial charge in [-0.25, -0.2) is 17.7 Å². The van der Waals surface area contributed by atoms with Gasteiger partial charge >= 0.3 is 0 Å². The lowest BCUT2D eigenvalue weighted by Crippen LogP contribution is -2.36. The van der Waals surface area contributed by atoms with Gasteiger partial charge in [0.1, 0.15) is 0 Å². The van der Waals surface area contributed by atoms with E-state index in [-0.39, 0.29) is 6.04 Å². The van der Waals surface area contributed by atoms with Crippen LogP contribution in [0.2, 0.25) is 0 Å². The lowest BCUT2D eigenvalue weighted by molar-refractivity contribution is -0.718. The number of benzene rings is 1. The molecule has 23 heavy (non-hydrogen) atoms. The quantitative estimate of drug-likeness (QED) is 0.365. The lowest BCUT2D eigenvalue weighted by Gasteiger charge is -2.11. The van der Waals surface area contributed by atoms with Gasteiger partial charge in [0, 0.05) is 11.5 Å². The first-order valence-corrected chi connectivity index (χ1v) is 7.32. The number of hydrogen-bond donors (Lipinski definition) is 0. The Kier molecular flexibility index (Phi) is 3.85. The highest BCUT2D eigenvalue weighted by Gasteiger charge is 2.36. The van der Waals surface area contributed by atoms with Gasteiger partial charge in [0.2, 0.25) is 41.1 Å². The van der Waals surface area contributed by atoms with Gasteiger partial charge in [-0.1, -0.05) is 18.5 Å². The fourth-order valence-corrected chi connectivity index (χ4v) is 2.98. The van der Waals surface area contributed by atoms with E-state index in [1.54, 1.807) is 4.57 Å². The molecule has 3 nitrogen and oxygen atoms in total. The average molecular weight is 332 g/mol. The molecule has 0 saturated heterocycles. The van der Waals surface area contributed by atoms with Crippen molar-refractivity contribution in [1.29, 1.82) is 0 Å². The lowest BCUT2D eigenvalue weighted by atomic mass is 10.0. The maximum absolute atomic E-state index is 13.9. The number of nitrogens with zero attached hydrogens (tertiary/aromatic N) is 3. The number of halogens is 5. The van der Waals surface area contributed by atoms with Gasteiger partial charge in [-0.3, -0.25) is 0 Å². The van der Waals surface area contributed by atoms with Crippen LogP contribution in [-0.4, -0.2) is 9.78 Å². The van der Waals surface area contributed by atoms with Crippen LogP contribution in [0.5, 0.6) is 0 Å². The van der Waals surface area contributed by atoms with Crippen LogP contribution in [0.15, 0.2) is 6.33 Å². The molecule has 1 aromatic carbocycles. The smallest absolute Gasteiger partial charge is 0.231 e. The first kappa shape index (κ1) is 15.9. The summed E-state index contributed by atoms with van der Waals surface area (Å²) in [5, 5.41) is 4.00. The van der Waals surface area contributed by atoms with Crippen LogP contribution in [0.3, 0.4) is 0 Å². The molecule has 1 aliphatic rings. The topological polar surface area (TPSA) is 21.7 Å². The van der Waals surface area contributed by atoms with Crippen LogP contribution in [0, 0.1) is 35.0 Å². The summed E-state index contributed by atoms with van der Waals surface area (Å²) in [4.78, 5) is 0. The van der Waals surface area contributed by atoms with E-state index in [2.05, 4.69) is 5.10 Å². The summed E-state index contributed by atoms with van der Waals surface area (Å²) in [5.41, 5.74) is -1.05. The molecule has 1 aromatic heterocycles. The van der Waals surface area contributed by atoms with Gasteiger partial charge < -0.3 is 0 Å². The zero-order valence-corrected chi connectivity index (χ0v) is 12.6. The molecule has 124 valence electrons. The number of aromatic nitrogens is 3. The van der Waals surface area contributed by atoms with Crippen LogP contribution >= 0.6 is 0 Å². The van der Waals surface area contributed by atoms with E-state index in [9.17, 15) is 22.0 Å². The van der Waals surface area contributed by atoms with Crippen molar-refractivity contribution in [2.75, 3.05) is 0 Å². The molecule has 0 amide bonds. The van der Waals surface area contributed by atoms with E-state index in [0.29, 0.717) is 18.2 Å². The van der Waals surface area contributed by atoms with Gasteiger partial charge in [-0.05, 0) is 18.8 Å². The number of fused-ring (bicyclic) bond motifs is 1. The highest BCUT2D eigenvalue weighted by atomic mass is 19.2. The predicted molar refractivity (Wildman–Crippen MR) is 70.4 cm³/mol. The maximum atomic E-state index is 13.9. The van der Waals surface area contributed by atoms with Crippen molar-refractivity contribution in [3.05, 3.63) is 41.2 Å². The molecule has 0 radical (unpaired) electrons. The van der Waals surface area contributed by atoms with Crippen molar-refractivity contribution >= 4 is 0 Å². The fourth-order valence-electron chi connectivity index (χ4n) is 2.98. The van der Waals surface area contributed by atoms with Crippen molar-refractivity contribution in [2.24, 2.45) is 5.92 Å². The largest absolute Gasteiger partial charge is 0.278 e. The molecule has 0 saturated carbocycles. The Morgan fingerprint density at radius 2 is 1.65 bits per heavy atom. The second-order valence-electron chi connectivity index (χ2n) is 6.12. The van der Waals surface area contributed by atoms with Gasteiger partial charge in [-0.2, -0.15) is 8.78 Å². The van der Waals surface area contributed by atoms with Gasteiger partial charge in [0.05, 0.1) is 6.04 Å². The predicted octanol–water partition coefficient (Wildman–Crippen LogP) is 3.39. The molecular formula is C15H15F5N3+. The molecule has 0 spiro atoms. The average Bonchev–Trinajstić information content (AvgIpc) is 3.05. The van der Waals surface area contributed by atoms with Crippen LogP contribution < -0.4 is 4.57 Å². The molecule has 0 fully saturated rings. The Hall–Kier alpha value is -1.99. The maximum Gasteiger partial charge on any atom is 0.278 e. The number of aryl methyl sites for hydroxylation is 1. The minimum atomic E-state index is -2.17. The van der Waals surface area contributed by atoms with E-state index in [1.807, 2.05) is 13.8 Å². The Balaban J connectivity index is 2.09. The van der Waals surface area contributed by atoms with Crippen LogP contribution in [0.25, 0.3) is 5.69 Å². The number of hydrogen-bond acceptors (Lipinski definition) is 1. The van der Waals surface area contributed by atoms with Crippen molar-refractivity contribution < 1.29 is 26.5 Å². The van der Waals surface area contributed by atoms with E-state index in [0.717, 1.165) is 17.5 Å². The zero-order valence-electron chi connectivity index (χ0n) is 12.6. The standard InChI is InChI=1S/C15H15F5N3/c1-7(2)5-8-3-4-9-21-23(6-22(8)9)15-13(19)11(17)10(16)12(18)14(15)20/h6-8H,3-5H2,1-2H3/q+1/t8-/m0/s1. The fraction of sp³-hybridized carbons (Fsp3) is 0.467. The summed E-state index contributed by atoms with van der Waals surface area (Å²) in [5.74, 6) is -8.91. The minimum absolute atomic E-state index is 0.111. The van der Waals surface area contributed by atoms with Crippen LogP contribution in [0.4, 0.5) is 22.0 Å². The van der Waals surface area contributed by atoms with Crippen LogP contribution in [-0.2, 0) is 6.42 Å². The van der Waals surface area contributed by atoms with Gasteiger partial charge in [-0.15, -0.1) is 0 Å². The first-order chi connectivity index (χ1) is 10.8. The van der Waals surface area contributed by atoms with E-state index in [1.165, 1.54) is 6.33 Å². The summed E-state index contributed by atoms with van der Waals surface area (Å²) in [6.45, 7) is 4.10. The molecule has 1 aliphatic heterocycles. The number of rotatable bonds is 3. The SMILES string of the molecule is CC(C)C[C@@H]1CCc2nn(-c3c(F)c(F)c(F)c(F)c3F)c[n+]21. The highest BCUT2D eigenvalue weighted by Crippen LogP contribution is 2.27. The third-order valence-corrected chi connectivity index (χ3v) is 4.01. The van der Waals surface area contributed by atoms with Crippen LogP contribution in [0.1, 0.15) is 38.6 Å². The van der Waals surface area contributed by atoms with Crippen molar-refractivity contribution in [3.8, 4) is 5.69 Å². The second kappa shape index (κ2) is 5.58. The minimum Gasteiger partial charge on any atom is -0.231 e. The summed E-state index contributed by atoms with van der Waals surface area (Å²) < 4.78 is 70.0. The van der Waals surface area contributed by atoms with E-state index in [4.69, 9.17) is 0 Å². The molecular weight excluding hydrogens is 317 g/mol. The monoisotopic (exact) mass is 332 g/mol. The van der Waals surface area contributed by atoms with Crippen molar-refractivity contribution in [2.45, 2.75) is 39.2 Å². The highest BCUT2D eigenvalue weighted by molar-refractivity contribution is 5.36. The van der Waals surface area contributed by atoms with Gasteiger partial charge in [0.25, 0.3) is 5.82 Å². The van der Waals surface area contributed by atoms with E-state index < -0.39 is 34.8 Å². The molecule has 0 N–H and O–H groups in total. The Morgan fingerprint density at radius 1 is 1.09 bits per heavy atom. The molecule has 3 rings (SSSR count). The Labute approximate surface area is 129 Å². The molecule has 0 aliphatic carbocycles. The first-order valence-electron chi connectivity index (χ1n) is 7.32. The Morgan fingerprint density at radius 3 is 2.22 bits per heavy atom. The second-order valence-corrected chi connectivity index (χ2v) is 6.12. The molecule has 2 aromatic rings. The zero-order chi connectivity index (χ0) is 16.9. The third-order valence-electron chi connectivity index (χ3n) is 4.01. The molecule has 2 heterocycles. The molecule has 8 heteroatoms.